The molecule has 0 aliphatic rings. The molecule has 0 atom stereocenters. The van der Waals surface area contributed by atoms with Crippen LogP contribution in [0.1, 0.15) is 0 Å². The van der Waals surface area contributed by atoms with Gasteiger partial charge < -0.3 is 10.5 Å². The monoisotopic (exact) mass is 223 g/mol. The van der Waals surface area contributed by atoms with Gasteiger partial charge in [-0.2, -0.15) is 0 Å². The Kier molecular flexibility index (Phi) is 2.15. The second kappa shape index (κ2) is 3.67. The molecule has 0 unspecified atom stereocenters. The van der Waals surface area contributed by atoms with Crippen LogP contribution in [0.3, 0.4) is 0 Å². The van der Waals surface area contributed by atoms with Crippen LogP contribution in [0.4, 0.5) is 5.69 Å². The molecule has 0 fully saturated rings. The Hall–Kier alpha value is -2.22. The van der Waals surface area contributed by atoms with Gasteiger partial charge in [-0.1, -0.05) is 36.4 Å². The first-order chi connectivity index (χ1) is 8.31. The summed E-state index contributed by atoms with van der Waals surface area (Å²) in [7, 11) is 1.67. The first-order valence-electron chi connectivity index (χ1n) is 5.55. The molecule has 0 amide bonds. The first-order valence-corrected chi connectivity index (χ1v) is 5.55. The van der Waals surface area contributed by atoms with Crippen LogP contribution in [0.25, 0.3) is 21.5 Å². The number of anilines is 1. The molecule has 2 N–H and O–H groups in total. The van der Waals surface area contributed by atoms with Crippen molar-refractivity contribution in [3.8, 4) is 5.75 Å². The number of benzene rings is 3. The van der Waals surface area contributed by atoms with Gasteiger partial charge in [0.25, 0.3) is 0 Å². The molecular formula is C15H13NO. The van der Waals surface area contributed by atoms with E-state index in [-0.39, 0.29) is 0 Å². The Morgan fingerprint density at radius 2 is 1.71 bits per heavy atom. The van der Waals surface area contributed by atoms with E-state index in [1.807, 2.05) is 30.3 Å². The maximum atomic E-state index is 6.25. The minimum Gasteiger partial charge on any atom is -0.496 e. The van der Waals surface area contributed by atoms with E-state index in [4.69, 9.17) is 10.5 Å². The molecule has 3 aromatic carbocycles. The summed E-state index contributed by atoms with van der Waals surface area (Å²) in [6.07, 6.45) is 0. The molecule has 84 valence electrons. The summed E-state index contributed by atoms with van der Waals surface area (Å²) in [4.78, 5) is 0. The summed E-state index contributed by atoms with van der Waals surface area (Å²) in [5, 5.41) is 4.34. The molecule has 2 heteroatoms. The molecule has 0 spiro atoms. The number of fused-ring (bicyclic) bond motifs is 2. The molecular weight excluding hydrogens is 210 g/mol. The highest BCUT2D eigenvalue weighted by molar-refractivity contribution is 6.12. The number of nitrogen functional groups attached to an aromatic ring is 1. The number of nitrogens with two attached hydrogens (primary N) is 1. The van der Waals surface area contributed by atoms with Crippen molar-refractivity contribution in [1.82, 2.24) is 0 Å². The SMILES string of the molecule is COc1cccc2cc3ccccc3c(N)c12. The largest absolute Gasteiger partial charge is 0.496 e. The van der Waals surface area contributed by atoms with Gasteiger partial charge in [-0.05, 0) is 22.9 Å². The number of methoxy groups -OCH3 is 1. The molecule has 0 aromatic heterocycles. The summed E-state index contributed by atoms with van der Waals surface area (Å²) in [5.41, 5.74) is 7.04. The Balaban J connectivity index is 2.55. The number of ether oxygens (including phenoxy) is 1. The van der Waals surface area contributed by atoms with Crippen molar-refractivity contribution in [3.63, 3.8) is 0 Å². The molecule has 2 nitrogen and oxygen atoms in total. The van der Waals surface area contributed by atoms with Gasteiger partial charge in [-0.3, -0.25) is 0 Å². The van der Waals surface area contributed by atoms with Gasteiger partial charge in [0.05, 0.1) is 12.8 Å². The molecule has 17 heavy (non-hydrogen) atoms. The Morgan fingerprint density at radius 1 is 0.941 bits per heavy atom. The van der Waals surface area contributed by atoms with Crippen molar-refractivity contribution in [2.24, 2.45) is 0 Å². The molecule has 3 rings (SSSR count). The topological polar surface area (TPSA) is 35.2 Å². The second-order valence-electron chi connectivity index (χ2n) is 4.07. The molecule has 0 saturated carbocycles. The van der Waals surface area contributed by atoms with E-state index >= 15 is 0 Å². The fourth-order valence-electron chi connectivity index (χ4n) is 2.30. The predicted molar refractivity (Wildman–Crippen MR) is 72.4 cm³/mol. The van der Waals surface area contributed by atoms with Gasteiger partial charge in [0.1, 0.15) is 5.75 Å². The molecule has 3 aromatic rings. The molecule has 0 heterocycles. The fourth-order valence-corrected chi connectivity index (χ4v) is 2.30. The van der Waals surface area contributed by atoms with Crippen LogP contribution in [-0.2, 0) is 0 Å². The van der Waals surface area contributed by atoms with Gasteiger partial charge in [0.2, 0.25) is 0 Å². The molecule has 0 radical (unpaired) electrons. The zero-order chi connectivity index (χ0) is 11.8. The van der Waals surface area contributed by atoms with E-state index < -0.39 is 0 Å². The van der Waals surface area contributed by atoms with Crippen LogP contribution in [0.2, 0.25) is 0 Å². The van der Waals surface area contributed by atoms with E-state index in [0.29, 0.717) is 0 Å². The minimum atomic E-state index is 0.788. The van der Waals surface area contributed by atoms with Crippen molar-refractivity contribution in [2.45, 2.75) is 0 Å². The summed E-state index contributed by atoms with van der Waals surface area (Å²) in [5.74, 6) is 0.825. The first kappa shape index (κ1) is 9.97. The van der Waals surface area contributed by atoms with Crippen molar-refractivity contribution in [3.05, 3.63) is 48.5 Å². The van der Waals surface area contributed by atoms with Crippen LogP contribution >= 0.6 is 0 Å². The third-order valence-electron chi connectivity index (χ3n) is 3.11. The van der Waals surface area contributed by atoms with Gasteiger partial charge in [-0.15, -0.1) is 0 Å². The Morgan fingerprint density at radius 3 is 2.53 bits per heavy atom. The molecule has 0 saturated heterocycles. The summed E-state index contributed by atoms with van der Waals surface area (Å²) >= 11 is 0. The third kappa shape index (κ3) is 1.41. The highest BCUT2D eigenvalue weighted by Gasteiger charge is 2.08. The average molecular weight is 223 g/mol. The summed E-state index contributed by atoms with van der Waals surface area (Å²) in [6, 6.07) is 16.3. The zero-order valence-corrected chi connectivity index (χ0v) is 9.60. The lowest BCUT2D eigenvalue weighted by Crippen LogP contribution is -1.92. The molecule has 0 bridgehead atoms. The number of rotatable bonds is 1. The van der Waals surface area contributed by atoms with Crippen LogP contribution < -0.4 is 10.5 Å². The van der Waals surface area contributed by atoms with Crippen molar-refractivity contribution >= 4 is 27.2 Å². The highest BCUT2D eigenvalue weighted by atomic mass is 16.5. The number of hydrogen-bond donors (Lipinski definition) is 1. The smallest absolute Gasteiger partial charge is 0.128 e. The second-order valence-corrected chi connectivity index (χ2v) is 4.07. The lowest BCUT2D eigenvalue weighted by Gasteiger charge is -2.10. The quantitative estimate of drug-likeness (QED) is 0.505. The van der Waals surface area contributed by atoms with E-state index in [2.05, 4.69) is 18.2 Å². The van der Waals surface area contributed by atoms with E-state index in [0.717, 1.165) is 33.0 Å². The normalized spacial score (nSPS) is 10.9. The average Bonchev–Trinajstić information content (AvgIpc) is 2.38. The van der Waals surface area contributed by atoms with Crippen LogP contribution in [0, 0.1) is 0 Å². The lowest BCUT2D eigenvalue weighted by atomic mass is 10.0. The summed E-state index contributed by atoms with van der Waals surface area (Å²) in [6.45, 7) is 0. The third-order valence-corrected chi connectivity index (χ3v) is 3.11. The lowest BCUT2D eigenvalue weighted by molar-refractivity contribution is 0.420. The predicted octanol–water partition coefficient (Wildman–Crippen LogP) is 3.58. The van der Waals surface area contributed by atoms with Crippen molar-refractivity contribution < 1.29 is 4.74 Å². The number of hydrogen-bond acceptors (Lipinski definition) is 2. The standard InChI is InChI=1S/C15H13NO/c1-17-13-8-4-6-11-9-10-5-2-3-7-12(10)15(16)14(11)13/h2-9H,16H2,1H3. The van der Waals surface area contributed by atoms with E-state index in [1.165, 1.54) is 0 Å². The minimum absolute atomic E-state index is 0.788. The zero-order valence-electron chi connectivity index (χ0n) is 9.60. The summed E-state index contributed by atoms with van der Waals surface area (Å²) < 4.78 is 5.38. The van der Waals surface area contributed by atoms with Crippen LogP contribution in [-0.4, -0.2) is 7.11 Å². The Labute approximate surface area is 99.6 Å². The maximum Gasteiger partial charge on any atom is 0.128 e. The Bertz CT molecular complexity index is 704. The van der Waals surface area contributed by atoms with E-state index in [1.54, 1.807) is 7.11 Å². The van der Waals surface area contributed by atoms with Gasteiger partial charge in [0.15, 0.2) is 0 Å². The molecule has 0 aliphatic heterocycles. The maximum absolute atomic E-state index is 6.25. The van der Waals surface area contributed by atoms with Crippen molar-refractivity contribution in [1.29, 1.82) is 0 Å². The van der Waals surface area contributed by atoms with Gasteiger partial charge in [0, 0.05) is 10.8 Å². The molecule has 0 aliphatic carbocycles. The van der Waals surface area contributed by atoms with E-state index in [9.17, 15) is 0 Å². The van der Waals surface area contributed by atoms with Gasteiger partial charge in [-0.25, -0.2) is 0 Å². The highest BCUT2D eigenvalue weighted by Crippen LogP contribution is 2.36. The fraction of sp³-hybridized carbons (Fsp3) is 0.0667. The van der Waals surface area contributed by atoms with Crippen LogP contribution in [0.5, 0.6) is 5.75 Å². The van der Waals surface area contributed by atoms with Crippen LogP contribution in [0.15, 0.2) is 48.5 Å². The van der Waals surface area contributed by atoms with Crippen molar-refractivity contribution in [2.75, 3.05) is 12.8 Å². The van der Waals surface area contributed by atoms with Gasteiger partial charge >= 0.3 is 0 Å².